The van der Waals surface area contributed by atoms with Gasteiger partial charge in [-0.15, -0.1) is 0 Å². The molecule has 0 bridgehead atoms. The van der Waals surface area contributed by atoms with Crippen molar-refractivity contribution in [2.24, 2.45) is 0 Å². The Morgan fingerprint density at radius 1 is 1.17 bits per heavy atom. The molecule has 2 aromatic heterocycles. The number of carbonyl (C=O) groups is 1. The average Bonchev–Trinajstić information content (AvgIpc) is 3.06. The summed E-state index contributed by atoms with van der Waals surface area (Å²) in [4.78, 5) is 23.9. The minimum absolute atomic E-state index is 0.136. The van der Waals surface area contributed by atoms with Gasteiger partial charge in [0.25, 0.3) is 11.5 Å². The van der Waals surface area contributed by atoms with Gasteiger partial charge in [0.05, 0.1) is 18.2 Å². The molecule has 1 amide bonds. The van der Waals surface area contributed by atoms with Crippen LogP contribution in [0.25, 0.3) is 0 Å². The predicted molar refractivity (Wildman–Crippen MR) is 87.6 cm³/mol. The van der Waals surface area contributed by atoms with Gasteiger partial charge in [-0.1, -0.05) is 12.1 Å². The predicted octanol–water partition coefficient (Wildman–Crippen LogP) is 2.61. The van der Waals surface area contributed by atoms with Crippen molar-refractivity contribution in [1.82, 2.24) is 4.57 Å². The lowest BCUT2D eigenvalue weighted by atomic mass is 10.2. The summed E-state index contributed by atoms with van der Waals surface area (Å²) < 4.78 is 6.98. The largest absolute Gasteiger partial charge is 0.454 e. The van der Waals surface area contributed by atoms with Gasteiger partial charge in [0.1, 0.15) is 5.76 Å². The number of pyridine rings is 1. The molecule has 24 heavy (non-hydrogen) atoms. The van der Waals surface area contributed by atoms with E-state index in [0.29, 0.717) is 17.0 Å². The Labute approximate surface area is 137 Å². The van der Waals surface area contributed by atoms with Gasteiger partial charge in [-0.2, -0.15) is 5.26 Å². The highest BCUT2D eigenvalue weighted by Gasteiger charge is 2.12. The van der Waals surface area contributed by atoms with E-state index in [1.165, 1.54) is 10.6 Å². The highest BCUT2D eigenvalue weighted by atomic mass is 16.4. The van der Waals surface area contributed by atoms with Crippen molar-refractivity contribution >= 4 is 11.6 Å². The minimum atomic E-state index is -0.420. The Hall–Kier alpha value is -3.59. The van der Waals surface area contributed by atoms with E-state index in [9.17, 15) is 9.59 Å². The van der Waals surface area contributed by atoms with Crippen LogP contribution in [0.15, 0.2) is 70.0 Å². The molecule has 3 aromatic rings. The van der Waals surface area contributed by atoms with Crippen molar-refractivity contribution in [2.75, 3.05) is 5.32 Å². The van der Waals surface area contributed by atoms with Crippen LogP contribution in [0, 0.1) is 11.3 Å². The number of aromatic nitrogens is 1. The smallest absolute Gasteiger partial charge is 0.291 e. The summed E-state index contributed by atoms with van der Waals surface area (Å²) in [6, 6.07) is 16.7. The van der Waals surface area contributed by atoms with Crippen molar-refractivity contribution in [1.29, 1.82) is 5.26 Å². The molecule has 0 fully saturated rings. The Morgan fingerprint density at radius 2 is 2.04 bits per heavy atom. The van der Waals surface area contributed by atoms with Crippen molar-refractivity contribution in [2.45, 2.75) is 6.54 Å². The minimum Gasteiger partial charge on any atom is -0.454 e. The molecular weight excluding hydrogens is 306 g/mol. The Morgan fingerprint density at radius 3 is 2.83 bits per heavy atom. The van der Waals surface area contributed by atoms with E-state index in [4.69, 9.17) is 9.68 Å². The Kier molecular flexibility index (Phi) is 4.25. The lowest BCUT2D eigenvalue weighted by molar-refractivity contribution is 0.0995. The average molecular weight is 319 g/mol. The first-order valence-corrected chi connectivity index (χ1v) is 7.21. The highest BCUT2D eigenvalue weighted by Crippen LogP contribution is 2.14. The quantitative estimate of drug-likeness (QED) is 0.800. The first-order chi connectivity index (χ1) is 11.7. The van der Waals surface area contributed by atoms with E-state index in [2.05, 4.69) is 5.32 Å². The van der Waals surface area contributed by atoms with E-state index in [0.717, 1.165) is 0 Å². The van der Waals surface area contributed by atoms with Gasteiger partial charge in [0.2, 0.25) is 0 Å². The lowest BCUT2D eigenvalue weighted by Gasteiger charge is -2.04. The molecule has 1 aromatic carbocycles. The molecule has 0 atom stereocenters. The van der Waals surface area contributed by atoms with Gasteiger partial charge < -0.3 is 14.3 Å². The molecule has 1 N–H and O–H groups in total. The number of rotatable bonds is 4. The van der Waals surface area contributed by atoms with E-state index in [-0.39, 0.29) is 17.9 Å². The maximum Gasteiger partial charge on any atom is 0.291 e. The first-order valence-electron chi connectivity index (χ1n) is 7.21. The van der Waals surface area contributed by atoms with Crippen LogP contribution in [0.3, 0.4) is 0 Å². The van der Waals surface area contributed by atoms with Gasteiger partial charge in [-0.3, -0.25) is 9.59 Å². The normalized spacial score (nSPS) is 10.1. The molecule has 0 spiro atoms. The number of hydrogen-bond donors (Lipinski definition) is 1. The van der Waals surface area contributed by atoms with Crippen LogP contribution in [0.2, 0.25) is 0 Å². The summed E-state index contributed by atoms with van der Waals surface area (Å²) in [5, 5.41) is 11.5. The number of carbonyl (C=O) groups excluding carboxylic acids is 1. The zero-order valence-corrected chi connectivity index (χ0v) is 12.6. The van der Waals surface area contributed by atoms with E-state index in [1.54, 1.807) is 54.7 Å². The van der Waals surface area contributed by atoms with Crippen LogP contribution >= 0.6 is 0 Å². The van der Waals surface area contributed by atoms with Crippen LogP contribution < -0.4 is 10.9 Å². The number of nitrogens with one attached hydrogen (secondary N) is 1. The second-order valence-corrected chi connectivity index (χ2v) is 5.08. The zero-order chi connectivity index (χ0) is 16.9. The maximum absolute atomic E-state index is 12.2. The third-order valence-corrected chi connectivity index (χ3v) is 3.36. The summed E-state index contributed by atoms with van der Waals surface area (Å²) in [6.07, 6.45) is 1.65. The van der Waals surface area contributed by atoms with Crippen LogP contribution in [0.5, 0.6) is 0 Å². The molecule has 0 aliphatic heterocycles. The number of amides is 1. The van der Waals surface area contributed by atoms with Crippen LogP contribution in [0.1, 0.15) is 21.9 Å². The molecule has 0 radical (unpaired) electrons. The number of hydrogen-bond acceptors (Lipinski definition) is 4. The topological polar surface area (TPSA) is 88.0 Å². The number of nitriles is 1. The van der Waals surface area contributed by atoms with Gasteiger partial charge >= 0.3 is 0 Å². The third kappa shape index (κ3) is 3.42. The van der Waals surface area contributed by atoms with Gasteiger partial charge in [0, 0.05) is 18.0 Å². The van der Waals surface area contributed by atoms with Crippen LogP contribution in [0.4, 0.5) is 5.69 Å². The second-order valence-electron chi connectivity index (χ2n) is 5.08. The second kappa shape index (κ2) is 6.67. The highest BCUT2D eigenvalue weighted by molar-refractivity contribution is 6.02. The summed E-state index contributed by atoms with van der Waals surface area (Å²) in [5.74, 6) is 0.215. The number of anilines is 1. The Bertz CT molecular complexity index is 979. The molecule has 0 saturated heterocycles. The van der Waals surface area contributed by atoms with Crippen molar-refractivity contribution in [3.05, 3.63) is 88.2 Å². The maximum atomic E-state index is 12.2. The van der Waals surface area contributed by atoms with Crippen LogP contribution in [-0.2, 0) is 6.54 Å². The fraction of sp³-hybridized carbons (Fsp3) is 0.0556. The summed E-state index contributed by atoms with van der Waals surface area (Å²) >= 11 is 0. The Balaban J connectivity index is 1.73. The molecule has 118 valence electrons. The van der Waals surface area contributed by atoms with E-state index >= 15 is 0 Å². The number of furan rings is 1. The van der Waals surface area contributed by atoms with Crippen LogP contribution in [-0.4, -0.2) is 10.5 Å². The molecule has 2 heterocycles. The number of nitrogens with zero attached hydrogens (tertiary/aromatic N) is 2. The van der Waals surface area contributed by atoms with Crippen molar-refractivity contribution in [3.8, 4) is 6.07 Å². The monoisotopic (exact) mass is 319 g/mol. The summed E-state index contributed by atoms with van der Waals surface area (Å²) in [6.45, 7) is 0.247. The molecule has 6 nitrogen and oxygen atoms in total. The van der Waals surface area contributed by atoms with Gasteiger partial charge in [-0.25, -0.2) is 0 Å². The summed E-state index contributed by atoms with van der Waals surface area (Å²) in [7, 11) is 0. The molecule has 0 saturated carbocycles. The zero-order valence-electron chi connectivity index (χ0n) is 12.6. The SMILES string of the molecule is N#Cc1cccc(NC(=O)c2ccc(Cn3ccccc3=O)o2)c1. The molecule has 0 aliphatic carbocycles. The third-order valence-electron chi connectivity index (χ3n) is 3.36. The molecule has 3 rings (SSSR count). The molecule has 0 unspecified atom stereocenters. The number of benzene rings is 1. The first kappa shape index (κ1) is 15.3. The fourth-order valence-corrected chi connectivity index (χ4v) is 2.20. The van der Waals surface area contributed by atoms with Crippen molar-refractivity contribution < 1.29 is 9.21 Å². The fourth-order valence-electron chi connectivity index (χ4n) is 2.20. The summed E-state index contributed by atoms with van der Waals surface area (Å²) in [5.41, 5.74) is 0.820. The molecule has 0 aliphatic rings. The van der Waals surface area contributed by atoms with E-state index < -0.39 is 5.91 Å². The van der Waals surface area contributed by atoms with E-state index in [1.807, 2.05) is 6.07 Å². The van der Waals surface area contributed by atoms with Crippen molar-refractivity contribution in [3.63, 3.8) is 0 Å². The van der Waals surface area contributed by atoms with Gasteiger partial charge in [0.15, 0.2) is 5.76 Å². The standard InChI is InChI=1S/C18H13N3O3/c19-11-13-4-3-5-14(10-13)20-18(23)16-8-7-15(24-16)12-21-9-2-1-6-17(21)22/h1-10H,12H2,(H,20,23). The molecule has 6 heteroatoms. The molecular formula is C18H13N3O3. The van der Waals surface area contributed by atoms with Gasteiger partial charge in [-0.05, 0) is 36.4 Å². The lowest BCUT2D eigenvalue weighted by Crippen LogP contribution is -2.18.